The van der Waals surface area contributed by atoms with Crippen LogP contribution >= 0.6 is 0 Å². The molecule has 3 unspecified atom stereocenters. The first kappa shape index (κ1) is 15.2. The van der Waals surface area contributed by atoms with Gasteiger partial charge in [-0.25, -0.2) is 0 Å². The van der Waals surface area contributed by atoms with E-state index in [0.717, 1.165) is 17.7 Å². The van der Waals surface area contributed by atoms with Gasteiger partial charge in [-0.3, -0.25) is 10.1 Å². The number of benzene rings is 2. The van der Waals surface area contributed by atoms with Crippen LogP contribution in [0.15, 0.2) is 48.6 Å². The van der Waals surface area contributed by atoms with E-state index in [4.69, 9.17) is 5.26 Å². The second-order valence-corrected chi connectivity index (χ2v) is 6.39. The smallest absolute Gasteiger partial charge is 0.270 e. The molecule has 6 nitrogen and oxygen atoms in total. The van der Waals surface area contributed by atoms with Gasteiger partial charge < -0.3 is 10.4 Å². The van der Waals surface area contributed by atoms with E-state index in [1.165, 1.54) is 18.2 Å². The zero-order valence-electron chi connectivity index (χ0n) is 13.2. The van der Waals surface area contributed by atoms with Gasteiger partial charge in [-0.1, -0.05) is 12.2 Å². The van der Waals surface area contributed by atoms with Crippen molar-refractivity contribution in [1.29, 1.82) is 5.26 Å². The number of nitro benzene ring substituents is 1. The highest BCUT2D eigenvalue weighted by molar-refractivity contribution is 5.63. The summed E-state index contributed by atoms with van der Waals surface area (Å²) in [7, 11) is 0. The van der Waals surface area contributed by atoms with E-state index < -0.39 is 4.92 Å². The van der Waals surface area contributed by atoms with Crippen LogP contribution in [-0.2, 0) is 0 Å². The lowest BCUT2D eigenvalue weighted by Crippen LogP contribution is -2.29. The number of phenolic OH excluding ortho intramolecular Hbond substituents is 1. The molecule has 2 aliphatic rings. The van der Waals surface area contributed by atoms with Crippen LogP contribution in [0.2, 0.25) is 0 Å². The van der Waals surface area contributed by atoms with Gasteiger partial charge >= 0.3 is 0 Å². The second-order valence-electron chi connectivity index (χ2n) is 6.39. The number of allylic oxidation sites excluding steroid dienone is 2. The van der Waals surface area contributed by atoms with Gasteiger partial charge in [-0.2, -0.15) is 5.26 Å². The first-order chi connectivity index (χ1) is 12.1. The summed E-state index contributed by atoms with van der Waals surface area (Å²) >= 11 is 0. The molecule has 0 amide bonds. The molecule has 1 heterocycles. The molecular weight excluding hydrogens is 318 g/mol. The SMILES string of the molecule is N#Cc1ccc2c(c1)C1C=CCC1C(c1cc([N+](=O)[O-])ccc1O)N2. The van der Waals surface area contributed by atoms with Crippen LogP contribution < -0.4 is 5.32 Å². The molecular formula is C19H15N3O3. The lowest BCUT2D eigenvalue weighted by molar-refractivity contribution is -0.385. The van der Waals surface area contributed by atoms with Crippen LogP contribution in [0.3, 0.4) is 0 Å². The predicted octanol–water partition coefficient (Wildman–Crippen LogP) is 4.00. The number of phenols is 1. The normalized spacial score (nSPS) is 23.2. The molecule has 0 aromatic heterocycles. The van der Waals surface area contributed by atoms with Crippen molar-refractivity contribution in [3.8, 4) is 11.8 Å². The minimum absolute atomic E-state index is 0.0391. The Morgan fingerprint density at radius 1 is 1.24 bits per heavy atom. The number of anilines is 1. The first-order valence-corrected chi connectivity index (χ1v) is 8.03. The third-order valence-corrected chi connectivity index (χ3v) is 5.05. The quantitative estimate of drug-likeness (QED) is 0.491. The Morgan fingerprint density at radius 2 is 2.08 bits per heavy atom. The molecule has 124 valence electrons. The number of nitrogens with one attached hydrogen (secondary N) is 1. The zero-order chi connectivity index (χ0) is 17.6. The van der Waals surface area contributed by atoms with E-state index in [1.807, 2.05) is 12.1 Å². The van der Waals surface area contributed by atoms with Crippen LogP contribution in [-0.4, -0.2) is 10.0 Å². The summed E-state index contributed by atoms with van der Waals surface area (Å²) in [5, 5.41) is 34.0. The molecule has 1 aliphatic heterocycles. The topological polar surface area (TPSA) is 99.2 Å². The van der Waals surface area contributed by atoms with Crippen molar-refractivity contribution < 1.29 is 10.0 Å². The van der Waals surface area contributed by atoms with E-state index in [9.17, 15) is 15.2 Å². The third kappa shape index (κ3) is 2.41. The number of hydrogen-bond acceptors (Lipinski definition) is 5. The van der Waals surface area contributed by atoms with Crippen LogP contribution in [0, 0.1) is 27.4 Å². The molecule has 2 N–H and O–H groups in total. The summed E-state index contributed by atoms with van der Waals surface area (Å²) in [6, 6.07) is 11.5. The maximum Gasteiger partial charge on any atom is 0.270 e. The zero-order valence-corrected chi connectivity index (χ0v) is 13.2. The number of rotatable bonds is 2. The van der Waals surface area contributed by atoms with E-state index in [2.05, 4.69) is 23.5 Å². The van der Waals surface area contributed by atoms with E-state index in [0.29, 0.717) is 11.1 Å². The highest BCUT2D eigenvalue weighted by Gasteiger charge is 2.39. The van der Waals surface area contributed by atoms with E-state index in [-0.39, 0.29) is 29.3 Å². The van der Waals surface area contributed by atoms with Gasteiger partial charge in [0.25, 0.3) is 5.69 Å². The number of nitro groups is 1. The minimum Gasteiger partial charge on any atom is -0.508 e. The molecule has 0 saturated heterocycles. The summed E-state index contributed by atoms with van der Waals surface area (Å²) in [6.45, 7) is 0. The molecule has 0 bridgehead atoms. The van der Waals surface area contributed by atoms with Crippen LogP contribution in [0.25, 0.3) is 0 Å². The summed E-state index contributed by atoms with van der Waals surface area (Å²) in [5.41, 5.74) is 3.04. The summed E-state index contributed by atoms with van der Waals surface area (Å²) < 4.78 is 0. The van der Waals surface area contributed by atoms with E-state index >= 15 is 0 Å². The second kappa shape index (κ2) is 5.64. The fourth-order valence-electron chi connectivity index (χ4n) is 3.88. The summed E-state index contributed by atoms with van der Waals surface area (Å²) in [5.74, 6) is 0.299. The Kier molecular flexibility index (Phi) is 3.43. The fraction of sp³-hybridized carbons (Fsp3) is 0.211. The fourth-order valence-corrected chi connectivity index (χ4v) is 3.88. The molecule has 0 radical (unpaired) electrons. The van der Waals surface area contributed by atoms with Crippen molar-refractivity contribution in [2.75, 3.05) is 5.32 Å². The Morgan fingerprint density at radius 3 is 2.84 bits per heavy atom. The molecule has 0 fully saturated rings. The first-order valence-electron chi connectivity index (χ1n) is 8.03. The maximum absolute atomic E-state index is 11.1. The van der Waals surface area contributed by atoms with Gasteiger partial charge in [0, 0.05) is 29.3 Å². The molecule has 2 aromatic carbocycles. The number of nitrogens with zero attached hydrogens (tertiary/aromatic N) is 2. The minimum atomic E-state index is -0.455. The van der Waals surface area contributed by atoms with Crippen LogP contribution in [0.4, 0.5) is 11.4 Å². The maximum atomic E-state index is 11.1. The van der Waals surface area contributed by atoms with Crippen molar-refractivity contribution in [2.45, 2.75) is 18.4 Å². The van der Waals surface area contributed by atoms with Gasteiger partial charge in [-0.05, 0) is 42.2 Å². The van der Waals surface area contributed by atoms with Crippen molar-refractivity contribution in [2.24, 2.45) is 5.92 Å². The number of fused-ring (bicyclic) bond motifs is 3. The monoisotopic (exact) mass is 333 g/mol. The molecule has 4 rings (SSSR count). The average Bonchev–Trinajstić information content (AvgIpc) is 3.11. The molecule has 0 spiro atoms. The third-order valence-electron chi connectivity index (χ3n) is 5.05. The van der Waals surface area contributed by atoms with Gasteiger partial charge in [0.2, 0.25) is 0 Å². The van der Waals surface area contributed by atoms with Crippen molar-refractivity contribution in [1.82, 2.24) is 0 Å². The predicted molar refractivity (Wildman–Crippen MR) is 92.3 cm³/mol. The molecule has 6 heteroatoms. The number of hydrogen-bond donors (Lipinski definition) is 2. The summed E-state index contributed by atoms with van der Waals surface area (Å²) in [4.78, 5) is 10.6. The molecule has 25 heavy (non-hydrogen) atoms. The number of aromatic hydroxyl groups is 1. The highest BCUT2D eigenvalue weighted by Crippen LogP contribution is 2.51. The Bertz CT molecular complexity index is 945. The molecule has 0 saturated carbocycles. The number of non-ortho nitro benzene ring substituents is 1. The average molecular weight is 333 g/mol. The standard InChI is InChI=1S/C19H15N3O3/c20-10-11-4-6-17-15(8-11)13-2-1-3-14(13)19(21-17)16-9-12(22(24)25)5-7-18(16)23/h1-2,4-9,13-14,19,21,23H,3H2. The Balaban J connectivity index is 1.81. The van der Waals surface area contributed by atoms with Crippen molar-refractivity contribution in [3.05, 3.63) is 75.4 Å². The molecule has 2 aromatic rings. The van der Waals surface area contributed by atoms with Gasteiger partial charge in [-0.15, -0.1) is 0 Å². The number of nitriles is 1. The molecule has 1 aliphatic carbocycles. The van der Waals surface area contributed by atoms with Crippen molar-refractivity contribution in [3.63, 3.8) is 0 Å². The van der Waals surface area contributed by atoms with Crippen LogP contribution in [0.5, 0.6) is 5.75 Å². The van der Waals surface area contributed by atoms with Crippen molar-refractivity contribution >= 4 is 11.4 Å². The molecule has 3 atom stereocenters. The van der Waals surface area contributed by atoms with Gasteiger partial charge in [0.1, 0.15) is 5.75 Å². The van der Waals surface area contributed by atoms with Gasteiger partial charge in [0.15, 0.2) is 0 Å². The highest BCUT2D eigenvalue weighted by atomic mass is 16.6. The lowest BCUT2D eigenvalue weighted by atomic mass is 9.76. The Labute approximate surface area is 144 Å². The largest absolute Gasteiger partial charge is 0.508 e. The van der Waals surface area contributed by atoms with E-state index in [1.54, 1.807) is 6.07 Å². The van der Waals surface area contributed by atoms with Gasteiger partial charge in [0.05, 0.1) is 22.6 Å². The summed E-state index contributed by atoms with van der Waals surface area (Å²) in [6.07, 6.45) is 5.01. The van der Waals surface area contributed by atoms with Crippen LogP contribution in [0.1, 0.15) is 35.1 Å². The Hall–Kier alpha value is -3.33. The lowest BCUT2D eigenvalue weighted by Gasteiger charge is -2.37.